The van der Waals surface area contributed by atoms with E-state index >= 15 is 0 Å². The van der Waals surface area contributed by atoms with Crippen LogP contribution in [-0.2, 0) is 4.74 Å². The highest BCUT2D eigenvalue weighted by atomic mass is 35.5. The van der Waals surface area contributed by atoms with E-state index in [0.717, 1.165) is 6.42 Å². The Kier molecular flexibility index (Phi) is 7.54. The van der Waals surface area contributed by atoms with Crippen molar-refractivity contribution in [1.29, 1.82) is 0 Å². The molecule has 62 valence electrons. The van der Waals surface area contributed by atoms with Gasteiger partial charge in [0.2, 0.25) is 0 Å². The average Bonchev–Trinajstić information content (AvgIpc) is 1.97. The van der Waals surface area contributed by atoms with Gasteiger partial charge >= 0.3 is 0 Å². The summed E-state index contributed by atoms with van der Waals surface area (Å²) in [5.41, 5.74) is 0. The standard InChI is InChI=1S/C8H17ClO/c1-3-4-5-8(2)10-7-6-9/h8H,3-7H2,1-2H3. The molecule has 0 aliphatic heterocycles. The topological polar surface area (TPSA) is 9.23 Å². The van der Waals surface area contributed by atoms with E-state index in [-0.39, 0.29) is 0 Å². The molecule has 2 heteroatoms. The highest BCUT2D eigenvalue weighted by molar-refractivity contribution is 6.17. The quantitative estimate of drug-likeness (QED) is 0.549. The summed E-state index contributed by atoms with van der Waals surface area (Å²) in [5, 5.41) is 0. The molecule has 0 radical (unpaired) electrons. The molecular weight excluding hydrogens is 148 g/mol. The van der Waals surface area contributed by atoms with Gasteiger partial charge < -0.3 is 4.74 Å². The molecule has 0 heterocycles. The maximum atomic E-state index is 5.45. The summed E-state index contributed by atoms with van der Waals surface area (Å²) in [6.45, 7) is 4.98. The minimum Gasteiger partial charge on any atom is -0.377 e. The van der Waals surface area contributed by atoms with Crippen LogP contribution in [-0.4, -0.2) is 18.6 Å². The molecular formula is C8H17ClO. The van der Waals surface area contributed by atoms with Crippen LogP contribution >= 0.6 is 11.6 Å². The molecule has 0 aliphatic rings. The Balaban J connectivity index is 3.00. The molecule has 10 heavy (non-hydrogen) atoms. The van der Waals surface area contributed by atoms with Gasteiger partial charge in [0.15, 0.2) is 0 Å². The van der Waals surface area contributed by atoms with Crippen LogP contribution in [0.3, 0.4) is 0 Å². The highest BCUT2D eigenvalue weighted by Crippen LogP contribution is 2.03. The molecule has 0 N–H and O–H groups in total. The fourth-order valence-corrected chi connectivity index (χ4v) is 0.910. The minimum absolute atomic E-state index is 0.388. The van der Waals surface area contributed by atoms with E-state index in [2.05, 4.69) is 13.8 Å². The van der Waals surface area contributed by atoms with Crippen molar-refractivity contribution in [2.24, 2.45) is 0 Å². The van der Waals surface area contributed by atoms with Crippen molar-refractivity contribution in [2.45, 2.75) is 39.2 Å². The highest BCUT2D eigenvalue weighted by Gasteiger charge is 1.98. The Morgan fingerprint density at radius 1 is 1.50 bits per heavy atom. The van der Waals surface area contributed by atoms with Crippen LogP contribution in [0.2, 0.25) is 0 Å². The van der Waals surface area contributed by atoms with Crippen LogP contribution in [0.4, 0.5) is 0 Å². The average molecular weight is 165 g/mol. The summed E-state index contributed by atoms with van der Waals surface area (Å²) in [4.78, 5) is 0. The third kappa shape index (κ3) is 6.37. The summed E-state index contributed by atoms with van der Waals surface area (Å²) in [7, 11) is 0. The minimum atomic E-state index is 0.388. The van der Waals surface area contributed by atoms with Crippen LogP contribution in [0.25, 0.3) is 0 Å². The van der Waals surface area contributed by atoms with Gasteiger partial charge in [0.05, 0.1) is 12.7 Å². The van der Waals surface area contributed by atoms with Gasteiger partial charge in [0.25, 0.3) is 0 Å². The first-order chi connectivity index (χ1) is 4.81. The lowest BCUT2D eigenvalue weighted by molar-refractivity contribution is 0.0701. The summed E-state index contributed by atoms with van der Waals surface area (Å²) in [6.07, 6.45) is 4.05. The first kappa shape index (κ1) is 10.2. The Morgan fingerprint density at radius 3 is 2.70 bits per heavy atom. The van der Waals surface area contributed by atoms with Crippen molar-refractivity contribution in [3.8, 4) is 0 Å². The molecule has 0 fully saturated rings. The van der Waals surface area contributed by atoms with Crippen molar-refractivity contribution in [3.05, 3.63) is 0 Å². The predicted molar refractivity (Wildman–Crippen MR) is 45.7 cm³/mol. The molecule has 0 aliphatic carbocycles. The molecule has 0 saturated heterocycles. The van der Waals surface area contributed by atoms with E-state index in [1.165, 1.54) is 12.8 Å². The van der Waals surface area contributed by atoms with Crippen molar-refractivity contribution in [3.63, 3.8) is 0 Å². The van der Waals surface area contributed by atoms with E-state index in [0.29, 0.717) is 18.6 Å². The van der Waals surface area contributed by atoms with E-state index in [9.17, 15) is 0 Å². The molecule has 0 bridgehead atoms. The zero-order valence-corrected chi connectivity index (χ0v) is 7.66. The lowest BCUT2D eigenvalue weighted by Gasteiger charge is -2.10. The summed E-state index contributed by atoms with van der Waals surface area (Å²) < 4.78 is 5.36. The van der Waals surface area contributed by atoms with Gasteiger partial charge in [-0.05, 0) is 13.3 Å². The summed E-state index contributed by atoms with van der Waals surface area (Å²) in [5.74, 6) is 0.608. The largest absolute Gasteiger partial charge is 0.377 e. The van der Waals surface area contributed by atoms with Crippen LogP contribution in [0, 0.1) is 0 Å². The van der Waals surface area contributed by atoms with E-state index < -0.39 is 0 Å². The van der Waals surface area contributed by atoms with E-state index in [1.54, 1.807) is 0 Å². The van der Waals surface area contributed by atoms with Gasteiger partial charge in [0, 0.05) is 5.88 Å². The number of hydrogen-bond acceptors (Lipinski definition) is 1. The number of unbranched alkanes of at least 4 members (excludes halogenated alkanes) is 1. The molecule has 0 aromatic heterocycles. The van der Waals surface area contributed by atoms with Gasteiger partial charge in [-0.25, -0.2) is 0 Å². The summed E-state index contributed by atoms with van der Waals surface area (Å²) in [6, 6.07) is 0. The molecule has 0 spiro atoms. The molecule has 0 saturated carbocycles. The van der Waals surface area contributed by atoms with Crippen molar-refractivity contribution in [1.82, 2.24) is 0 Å². The third-order valence-corrected chi connectivity index (χ3v) is 1.60. The normalized spacial score (nSPS) is 13.5. The molecule has 1 unspecified atom stereocenters. The number of ether oxygens (including phenoxy) is 1. The molecule has 0 amide bonds. The third-order valence-electron chi connectivity index (χ3n) is 1.44. The summed E-state index contributed by atoms with van der Waals surface area (Å²) >= 11 is 5.45. The van der Waals surface area contributed by atoms with E-state index in [4.69, 9.17) is 16.3 Å². The van der Waals surface area contributed by atoms with Crippen molar-refractivity contribution < 1.29 is 4.74 Å². The monoisotopic (exact) mass is 164 g/mol. The van der Waals surface area contributed by atoms with Gasteiger partial charge in [-0.15, -0.1) is 11.6 Å². The Bertz CT molecular complexity index is 58.3. The maximum Gasteiger partial charge on any atom is 0.0605 e. The molecule has 0 aromatic carbocycles. The molecule has 0 aromatic rings. The number of alkyl halides is 1. The fraction of sp³-hybridized carbons (Fsp3) is 1.00. The number of halogens is 1. The van der Waals surface area contributed by atoms with Gasteiger partial charge in [-0.2, -0.15) is 0 Å². The molecule has 0 rings (SSSR count). The van der Waals surface area contributed by atoms with Gasteiger partial charge in [0.1, 0.15) is 0 Å². The van der Waals surface area contributed by atoms with Crippen LogP contribution in [0.1, 0.15) is 33.1 Å². The van der Waals surface area contributed by atoms with Crippen LogP contribution in [0.5, 0.6) is 0 Å². The molecule has 1 atom stereocenters. The van der Waals surface area contributed by atoms with Gasteiger partial charge in [-0.3, -0.25) is 0 Å². The predicted octanol–water partition coefficient (Wildman–Crippen LogP) is 2.82. The smallest absolute Gasteiger partial charge is 0.0605 e. The molecule has 1 nitrogen and oxygen atoms in total. The maximum absolute atomic E-state index is 5.45. The van der Waals surface area contributed by atoms with Crippen LogP contribution in [0.15, 0.2) is 0 Å². The lowest BCUT2D eigenvalue weighted by Crippen LogP contribution is -2.09. The Morgan fingerprint density at radius 2 is 2.20 bits per heavy atom. The SMILES string of the molecule is CCCCC(C)OCCCl. The first-order valence-corrected chi connectivity index (χ1v) is 4.52. The van der Waals surface area contributed by atoms with Gasteiger partial charge in [-0.1, -0.05) is 19.8 Å². The second kappa shape index (κ2) is 7.36. The zero-order chi connectivity index (χ0) is 7.82. The Hall–Kier alpha value is 0.250. The second-order valence-electron chi connectivity index (χ2n) is 2.51. The van der Waals surface area contributed by atoms with E-state index in [1.807, 2.05) is 0 Å². The van der Waals surface area contributed by atoms with Crippen molar-refractivity contribution >= 4 is 11.6 Å². The number of rotatable bonds is 6. The zero-order valence-electron chi connectivity index (χ0n) is 6.90. The first-order valence-electron chi connectivity index (χ1n) is 3.98. The lowest BCUT2D eigenvalue weighted by atomic mass is 10.2. The number of hydrogen-bond donors (Lipinski definition) is 0. The van der Waals surface area contributed by atoms with Crippen molar-refractivity contribution in [2.75, 3.05) is 12.5 Å². The fourth-order valence-electron chi connectivity index (χ4n) is 0.821. The Labute approximate surface area is 68.7 Å². The van der Waals surface area contributed by atoms with Crippen LogP contribution < -0.4 is 0 Å². The second-order valence-corrected chi connectivity index (χ2v) is 2.89.